The number of aryl methyl sites for hydroxylation is 2. The number of H-pyrrole nitrogens is 1. The lowest BCUT2D eigenvalue weighted by Crippen LogP contribution is -2.40. The molecular weight excluding hydrogens is 544 g/mol. The summed E-state index contributed by atoms with van der Waals surface area (Å²) in [6.45, 7) is 12.1. The number of nitrogens with zero attached hydrogens (tertiary/aromatic N) is 2. The van der Waals surface area contributed by atoms with E-state index >= 15 is 0 Å². The summed E-state index contributed by atoms with van der Waals surface area (Å²) < 4.78 is 10.9. The zero-order valence-corrected chi connectivity index (χ0v) is 25.6. The van der Waals surface area contributed by atoms with Gasteiger partial charge in [-0.1, -0.05) is 24.3 Å². The third-order valence-electron chi connectivity index (χ3n) is 8.57. The fourth-order valence-electron chi connectivity index (χ4n) is 6.13. The van der Waals surface area contributed by atoms with Crippen molar-refractivity contribution in [3.05, 3.63) is 86.3 Å². The second kappa shape index (κ2) is 13.6. The second-order valence-electron chi connectivity index (χ2n) is 11.5. The number of hydrogen-bond acceptors (Lipinski definition) is 6. The molecular formula is C34H42N4O5. The molecule has 228 valence electrons. The molecule has 2 saturated heterocycles. The van der Waals surface area contributed by atoms with Crippen molar-refractivity contribution in [3.63, 3.8) is 0 Å². The van der Waals surface area contributed by atoms with Crippen molar-refractivity contribution in [2.24, 2.45) is 0 Å². The van der Waals surface area contributed by atoms with Crippen LogP contribution in [-0.2, 0) is 27.4 Å². The van der Waals surface area contributed by atoms with Gasteiger partial charge in [0.1, 0.15) is 6.61 Å². The number of carbonyl (C=O) groups is 2. The van der Waals surface area contributed by atoms with Crippen molar-refractivity contribution in [2.75, 3.05) is 44.4 Å². The molecule has 2 N–H and O–H groups in total. The van der Waals surface area contributed by atoms with Crippen LogP contribution in [-0.4, -0.2) is 67.3 Å². The first-order valence-electron chi connectivity index (χ1n) is 15.2. The number of hydrogen-bond donors (Lipinski definition) is 2. The maximum atomic E-state index is 13.7. The van der Waals surface area contributed by atoms with Crippen molar-refractivity contribution in [3.8, 4) is 11.1 Å². The Hall–Kier alpha value is -3.95. The molecule has 0 atom stereocenters. The van der Waals surface area contributed by atoms with E-state index in [1.165, 1.54) is 0 Å². The molecule has 0 radical (unpaired) electrons. The monoisotopic (exact) mass is 586 g/mol. The van der Waals surface area contributed by atoms with E-state index < -0.39 is 0 Å². The number of amides is 2. The third kappa shape index (κ3) is 7.00. The lowest BCUT2D eigenvalue weighted by molar-refractivity contribution is -0.143. The predicted molar refractivity (Wildman–Crippen MR) is 167 cm³/mol. The number of anilines is 1. The number of aromatic nitrogens is 1. The highest BCUT2D eigenvalue weighted by atomic mass is 16.5. The minimum atomic E-state index is -0.217. The number of pyridine rings is 1. The fraction of sp³-hybridized carbons (Fsp3) is 0.441. The highest BCUT2D eigenvalue weighted by Crippen LogP contribution is 2.34. The van der Waals surface area contributed by atoms with E-state index in [0.29, 0.717) is 36.9 Å². The summed E-state index contributed by atoms with van der Waals surface area (Å²) in [5, 5.41) is 3.01. The van der Waals surface area contributed by atoms with Gasteiger partial charge in [-0.3, -0.25) is 14.4 Å². The molecule has 5 rings (SSSR count). The summed E-state index contributed by atoms with van der Waals surface area (Å²) in [5.74, 6) is -0.213. The summed E-state index contributed by atoms with van der Waals surface area (Å²) in [4.78, 5) is 45.6. The Kier molecular flexibility index (Phi) is 9.62. The number of nitrogens with one attached hydrogen (secondary N) is 2. The van der Waals surface area contributed by atoms with Crippen molar-refractivity contribution in [1.29, 1.82) is 0 Å². The smallest absolute Gasteiger partial charge is 0.253 e. The molecule has 2 aliphatic heterocycles. The molecule has 0 aliphatic carbocycles. The van der Waals surface area contributed by atoms with E-state index in [-0.39, 0.29) is 30.5 Å². The van der Waals surface area contributed by atoms with Crippen LogP contribution < -0.4 is 15.8 Å². The Morgan fingerprint density at radius 2 is 1.74 bits per heavy atom. The van der Waals surface area contributed by atoms with Gasteiger partial charge in [0.15, 0.2) is 0 Å². The van der Waals surface area contributed by atoms with E-state index in [1.54, 1.807) is 0 Å². The Bertz CT molecular complexity index is 1520. The minimum absolute atomic E-state index is 0.00440. The molecule has 0 unspecified atom stereocenters. The molecule has 43 heavy (non-hydrogen) atoms. The molecule has 0 saturated carbocycles. The molecule has 2 aliphatic rings. The molecule has 3 heterocycles. The Morgan fingerprint density at radius 3 is 2.42 bits per heavy atom. The van der Waals surface area contributed by atoms with Crippen LogP contribution >= 0.6 is 0 Å². The summed E-state index contributed by atoms with van der Waals surface area (Å²) in [7, 11) is 0. The quantitative estimate of drug-likeness (QED) is 0.388. The standard InChI is InChI=1S/C34H42N4O5/c1-5-38(28-10-13-42-14-11-28)31-18-27(26-8-6-25(7-9-26)20-37-12-15-43-21-32(37)39)17-29(24(31)4)33(40)35-19-30-22(2)16-23(3)36-34(30)41/h6-9,16-18,28H,5,10-15,19-21H2,1-4H3,(H,35,40)(H,36,41). The molecule has 0 bridgehead atoms. The van der Waals surface area contributed by atoms with Crippen LogP contribution in [0.2, 0.25) is 0 Å². The number of benzene rings is 2. The van der Waals surface area contributed by atoms with Crippen LogP contribution in [0.5, 0.6) is 0 Å². The first-order chi connectivity index (χ1) is 20.7. The van der Waals surface area contributed by atoms with Gasteiger partial charge in [-0.2, -0.15) is 0 Å². The molecule has 9 heteroatoms. The maximum Gasteiger partial charge on any atom is 0.253 e. The van der Waals surface area contributed by atoms with Crippen LogP contribution in [0.15, 0.2) is 47.3 Å². The summed E-state index contributed by atoms with van der Waals surface area (Å²) >= 11 is 0. The van der Waals surface area contributed by atoms with Gasteiger partial charge in [0, 0.05) is 67.9 Å². The highest BCUT2D eigenvalue weighted by molar-refractivity contribution is 5.99. The molecule has 9 nitrogen and oxygen atoms in total. The van der Waals surface area contributed by atoms with Crippen LogP contribution in [0.25, 0.3) is 11.1 Å². The normalized spacial score (nSPS) is 15.9. The van der Waals surface area contributed by atoms with E-state index in [1.807, 2.05) is 49.9 Å². The molecule has 1 aromatic heterocycles. The average molecular weight is 587 g/mol. The molecule has 2 fully saturated rings. The van der Waals surface area contributed by atoms with Crippen LogP contribution in [0.1, 0.15) is 58.1 Å². The summed E-state index contributed by atoms with van der Waals surface area (Å²) in [6, 6.07) is 14.6. The van der Waals surface area contributed by atoms with Gasteiger partial charge < -0.3 is 29.6 Å². The predicted octanol–water partition coefficient (Wildman–Crippen LogP) is 4.26. The Labute approximate surface area is 253 Å². The zero-order valence-electron chi connectivity index (χ0n) is 25.6. The molecule has 3 aromatic rings. The van der Waals surface area contributed by atoms with Crippen molar-refractivity contribution < 1.29 is 19.1 Å². The Morgan fingerprint density at radius 1 is 1.00 bits per heavy atom. The van der Waals surface area contributed by atoms with Gasteiger partial charge in [-0.25, -0.2) is 0 Å². The number of morpholine rings is 1. The van der Waals surface area contributed by atoms with Gasteiger partial charge in [-0.15, -0.1) is 0 Å². The number of aromatic amines is 1. The number of ether oxygens (including phenoxy) is 2. The van der Waals surface area contributed by atoms with Gasteiger partial charge in [0.2, 0.25) is 5.91 Å². The molecule has 2 amide bonds. The van der Waals surface area contributed by atoms with Crippen molar-refractivity contribution in [1.82, 2.24) is 15.2 Å². The van der Waals surface area contributed by atoms with E-state index in [2.05, 4.69) is 40.3 Å². The van der Waals surface area contributed by atoms with Gasteiger partial charge in [0.05, 0.1) is 6.61 Å². The third-order valence-corrected chi connectivity index (χ3v) is 8.57. The summed E-state index contributed by atoms with van der Waals surface area (Å²) in [5.41, 5.74) is 7.51. The van der Waals surface area contributed by atoms with E-state index in [4.69, 9.17) is 9.47 Å². The number of carbonyl (C=O) groups excluding carboxylic acids is 2. The van der Waals surface area contributed by atoms with Crippen LogP contribution in [0.3, 0.4) is 0 Å². The van der Waals surface area contributed by atoms with Crippen LogP contribution in [0.4, 0.5) is 5.69 Å². The number of rotatable bonds is 9. The van der Waals surface area contributed by atoms with Crippen molar-refractivity contribution >= 4 is 17.5 Å². The van der Waals surface area contributed by atoms with Gasteiger partial charge >= 0.3 is 0 Å². The lowest BCUT2D eigenvalue weighted by Gasteiger charge is -2.37. The second-order valence-corrected chi connectivity index (χ2v) is 11.5. The Balaban J connectivity index is 1.47. The SMILES string of the molecule is CCN(c1cc(-c2ccc(CN3CCOCC3=O)cc2)cc(C(=O)NCc2c(C)cc(C)[nH]c2=O)c1C)C1CCOCC1. The van der Waals surface area contributed by atoms with E-state index in [9.17, 15) is 14.4 Å². The first kappa shape index (κ1) is 30.5. The molecule has 2 aromatic carbocycles. The van der Waals surface area contributed by atoms with Gasteiger partial charge in [0.25, 0.3) is 11.5 Å². The topological polar surface area (TPSA) is 104 Å². The van der Waals surface area contributed by atoms with Crippen molar-refractivity contribution in [2.45, 2.75) is 59.7 Å². The average Bonchev–Trinajstić information content (AvgIpc) is 3.00. The lowest BCUT2D eigenvalue weighted by atomic mass is 9.94. The largest absolute Gasteiger partial charge is 0.381 e. The highest BCUT2D eigenvalue weighted by Gasteiger charge is 2.25. The molecule has 0 spiro atoms. The minimum Gasteiger partial charge on any atom is -0.381 e. The first-order valence-corrected chi connectivity index (χ1v) is 15.2. The zero-order chi connectivity index (χ0) is 30.5. The van der Waals surface area contributed by atoms with Gasteiger partial charge in [-0.05, 0) is 86.6 Å². The fourth-order valence-corrected chi connectivity index (χ4v) is 6.13. The van der Waals surface area contributed by atoms with Crippen LogP contribution in [0, 0.1) is 20.8 Å². The van der Waals surface area contributed by atoms with E-state index in [0.717, 1.165) is 71.8 Å². The maximum absolute atomic E-state index is 13.7. The summed E-state index contributed by atoms with van der Waals surface area (Å²) in [6.07, 6.45) is 1.87.